The van der Waals surface area contributed by atoms with E-state index in [1.807, 2.05) is 30.3 Å². The summed E-state index contributed by atoms with van der Waals surface area (Å²) < 4.78 is 0. The minimum atomic E-state index is -0.0920. The Morgan fingerprint density at radius 3 is 2.71 bits per heavy atom. The van der Waals surface area contributed by atoms with E-state index in [0.717, 1.165) is 18.4 Å². The molecule has 1 aliphatic carbocycles. The van der Waals surface area contributed by atoms with Gasteiger partial charge in [0.25, 0.3) is 0 Å². The standard InChI is InChI=1S/C20H21N3O/c1-15-7-8-18(19(13-15)17-5-3-2-4-6-17)20(24)23-22-14-16-9-11-21-12-10-16/h2-7,9-12,14,18-19H,8,13H2,1H3,(H,23,24). The highest BCUT2D eigenvalue weighted by molar-refractivity contribution is 5.84. The van der Waals surface area contributed by atoms with Gasteiger partial charge >= 0.3 is 0 Å². The maximum atomic E-state index is 12.6. The summed E-state index contributed by atoms with van der Waals surface area (Å²) in [5.41, 5.74) is 6.16. The first kappa shape index (κ1) is 16.1. The van der Waals surface area contributed by atoms with Gasteiger partial charge in [0.15, 0.2) is 0 Å². The third kappa shape index (κ3) is 3.96. The SMILES string of the molecule is CC1=CCC(C(=O)NN=Cc2ccncc2)C(c2ccccc2)C1. The van der Waals surface area contributed by atoms with Gasteiger partial charge in [-0.3, -0.25) is 9.78 Å². The summed E-state index contributed by atoms with van der Waals surface area (Å²) in [7, 11) is 0. The van der Waals surface area contributed by atoms with Crippen LogP contribution >= 0.6 is 0 Å². The molecule has 1 aliphatic rings. The Labute approximate surface area is 142 Å². The topological polar surface area (TPSA) is 54.4 Å². The fourth-order valence-electron chi connectivity index (χ4n) is 3.11. The minimum Gasteiger partial charge on any atom is -0.273 e. The minimum absolute atomic E-state index is 0.0297. The van der Waals surface area contributed by atoms with Gasteiger partial charge in [0, 0.05) is 12.4 Å². The molecule has 1 aromatic heterocycles. The van der Waals surface area contributed by atoms with Crippen molar-refractivity contribution in [2.75, 3.05) is 0 Å². The molecule has 2 aromatic rings. The average Bonchev–Trinajstić information content (AvgIpc) is 2.63. The zero-order valence-corrected chi connectivity index (χ0v) is 13.7. The molecule has 1 amide bonds. The zero-order valence-electron chi connectivity index (χ0n) is 13.7. The van der Waals surface area contributed by atoms with Crippen LogP contribution in [0.5, 0.6) is 0 Å². The lowest BCUT2D eigenvalue weighted by Gasteiger charge is -2.29. The van der Waals surface area contributed by atoms with Crippen LogP contribution in [0.2, 0.25) is 0 Å². The van der Waals surface area contributed by atoms with E-state index in [1.54, 1.807) is 18.6 Å². The smallest absolute Gasteiger partial charge is 0.244 e. The summed E-state index contributed by atoms with van der Waals surface area (Å²) in [4.78, 5) is 16.6. The number of amides is 1. The van der Waals surface area contributed by atoms with E-state index in [-0.39, 0.29) is 17.7 Å². The lowest BCUT2D eigenvalue weighted by atomic mass is 9.75. The van der Waals surface area contributed by atoms with Crippen LogP contribution in [0.3, 0.4) is 0 Å². The Morgan fingerprint density at radius 1 is 1.21 bits per heavy atom. The van der Waals surface area contributed by atoms with Gasteiger partial charge in [-0.1, -0.05) is 42.0 Å². The Balaban J connectivity index is 1.71. The van der Waals surface area contributed by atoms with Crippen molar-refractivity contribution in [1.82, 2.24) is 10.4 Å². The van der Waals surface area contributed by atoms with Crippen molar-refractivity contribution in [3.63, 3.8) is 0 Å². The molecule has 0 saturated heterocycles. The van der Waals surface area contributed by atoms with Crippen molar-refractivity contribution < 1.29 is 4.79 Å². The first-order chi connectivity index (χ1) is 11.7. The van der Waals surface area contributed by atoms with Crippen LogP contribution in [0, 0.1) is 5.92 Å². The molecule has 24 heavy (non-hydrogen) atoms. The van der Waals surface area contributed by atoms with Crippen molar-refractivity contribution in [2.24, 2.45) is 11.0 Å². The number of aromatic nitrogens is 1. The largest absolute Gasteiger partial charge is 0.273 e. The van der Waals surface area contributed by atoms with Gasteiger partial charge in [0.2, 0.25) is 5.91 Å². The Kier molecular flexibility index (Phi) is 5.16. The Morgan fingerprint density at radius 2 is 1.96 bits per heavy atom. The van der Waals surface area contributed by atoms with Gasteiger partial charge in [0.1, 0.15) is 0 Å². The summed E-state index contributed by atoms with van der Waals surface area (Å²) in [6, 6.07) is 13.9. The molecule has 122 valence electrons. The van der Waals surface area contributed by atoms with Gasteiger partial charge in [-0.05, 0) is 48.9 Å². The number of benzene rings is 1. The molecule has 0 fully saturated rings. The van der Waals surface area contributed by atoms with Crippen molar-refractivity contribution >= 4 is 12.1 Å². The van der Waals surface area contributed by atoms with E-state index in [2.05, 4.69) is 40.6 Å². The molecular weight excluding hydrogens is 298 g/mol. The fourth-order valence-corrected chi connectivity index (χ4v) is 3.11. The van der Waals surface area contributed by atoms with Crippen LogP contribution in [0.15, 0.2) is 71.6 Å². The van der Waals surface area contributed by atoms with Gasteiger partial charge in [-0.25, -0.2) is 5.43 Å². The van der Waals surface area contributed by atoms with Gasteiger partial charge < -0.3 is 0 Å². The molecule has 1 aromatic carbocycles. The van der Waals surface area contributed by atoms with Crippen molar-refractivity contribution in [3.8, 4) is 0 Å². The number of carbonyl (C=O) groups is 1. The zero-order chi connectivity index (χ0) is 16.8. The van der Waals surface area contributed by atoms with Crippen LogP contribution in [0.1, 0.15) is 36.8 Å². The predicted molar refractivity (Wildman–Crippen MR) is 95.6 cm³/mol. The van der Waals surface area contributed by atoms with E-state index in [1.165, 1.54) is 11.1 Å². The molecule has 4 heteroatoms. The molecule has 2 unspecified atom stereocenters. The molecule has 4 nitrogen and oxygen atoms in total. The quantitative estimate of drug-likeness (QED) is 0.531. The second-order valence-corrected chi connectivity index (χ2v) is 6.13. The van der Waals surface area contributed by atoms with Crippen LogP contribution in [0.25, 0.3) is 0 Å². The Bertz CT molecular complexity index is 738. The molecule has 1 N–H and O–H groups in total. The number of carbonyl (C=O) groups excluding carboxylic acids is 1. The van der Waals surface area contributed by atoms with E-state index in [0.29, 0.717) is 0 Å². The van der Waals surface area contributed by atoms with E-state index < -0.39 is 0 Å². The molecule has 0 radical (unpaired) electrons. The maximum Gasteiger partial charge on any atom is 0.244 e. The summed E-state index contributed by atoms with van der Waals surface area (Å²) in [5, 5.41) is 4.09. The van der Waals surface area contributed by atoms with E-state index >= 15 is 0 Å². The average molecular weight is 319 g/mol. The third-order valence-corrected chi connectivity index (χ3v) is 4.41. The fraction of sp³-hybridized carbons (Fsp3) is 0.250. The van der Waals surface area contributed by atoms with Gasteiger partial charge in [0.05, 0.1) is 12.1 Å². The monoisotopic (exact) mass is 319 g/mol. The van der Waals surface area contributed by atoms with Crippen LogP contribution < -0.4 is 5.43 Å². The van der Waals surface area contributed by atoms with E-state index in [9.17, 15) is 4.79 Å². The summed E-state index contributed by atoms with van der Waals surface area (Å²) in [6.07, 6.45) is 8.86. The number of allylic oxidation sites excluding steroid dienone is 2. The number of hydrazone groups is 1. The lowest BCUT2D eigenvalue weighted by molar-refractivity contribution is -0.125. The van der Waals surface area contributed by atoms with Crippen LogP contribution in [-0.4, -0.2) is 17.1 Å². The molecule has 1 heterocycles. The predicted octanol–water partition coefficient (Wildman–Crippen LogP) is 3.67. The number of hydrogen-bond acceptors (Lipinski definition) is 3. The Hall–Kier alpha value is -2.75. The summed E-state index contributed by atoms with van der Waals surface area (Å²) >= 11 is 0. The normalized spacial score (nSPS) is 20.6. The maximum absolute atomic E-state index is 12.6. The molecule has 0 bridgehead atoms. The number of hydrogen-bond donors (Lipinski definition) is 1. The van der Waals surface area contributed by atoms with E-state index in [4.69, 9.17) is 0 Å². The number of nitrogens with zero attached hydrogens (tertiary/aromatic N) is 2. The van der Waals surface area contributed by atoms with Crippen molar-refractivity contribution in [2.45, 2.75) is 25.7 Å². The van der Waals surface area contributed by atoms with Gasteiger partial charge in [-0.2, -0.15) is 5.10 Å². The molecule has 0 aliphatic heterocycles. The van der Waals surface area contributed by atoms with Gasteiger partial charge in [-0.15, -0.1) is 0 Å². The molecule has 3 rings (SSSR count). The molecule has 0 spiro atoms. The molecule has 2 atom stereocenters. The molecule has 0 saturated carbocycles. The third-order valence-electron chi connectivity index (χ3n) is 4.41. The lowest BCUT2D eigenvalue weighted by Crippen LogP contribution is -2.32. The number of pyridine rings is 1. The van der Waals surface area contributed by atoms with Crippen LogP contribution in [0.4, 0.5) is 0 Å². The summed E-state index contributed by atoms with van der Waals surface area (Å²) in [5.74, 6) is 0.0796. The first-order valence-electron chi connectivity index (χ1n) is 8.17. The highest BCUT2D eigenvalue weighted by atomic mass is 16.2. The molecular formula is C20H21N3O. The number of rotatable bonds is 4. The van der Waals surface area contributed by atoms with Crippen LogP contribution in [-0.2, 0) is 4.79 Å². The first-order valence-corrected chi connectivity index (χ1v) is 8.17. The highest BCUT2D eigenvalue weighted by Crippen LogP contribution is 2.37. The highest BCUT2D eigenvalue weighted by Gasteiger charge is 2.31. The number of nitrogens with one attached hydrogen (secondary N) is 1. The summed E-state index contributed by atoms with van der Waals surface area (Å²) in [6.45, 7) is 2.13. The second-order valence-electron chi connectivity index (χ2n) is 6.13. The second kappa shape index (κ2) is 7.68. The van der Waals surface area contributed by atoms with Crippen molar-refractivity contribution in [1.29, 1.82) is 0 Å². The van der Waals surface area contributed by atoms with Crippen molar-refractivity contribution in [3.05, 3.63) is 77.6 Å².